The molecular formula is C13H24N2O3. The van der Waals surface area contributed by atoms with Gasteiger partial charge < -0.3 is 15.3 Å². The Bertz CT molecular complexity index is 305. The third-order valence-electron chi connectivity index (χ3n) is 3.70. The van der Waals surface area contributed by atoms with E-state index in [1.807, 2.05) is 6.92 Å². The maximum absolute atomic E-state index is 12.0. The van der Waals surface area contributed by atoms with Crippen LogP contribution in [-0.4, -0.2) is 41.1 Å². The molecule has 1 saturated heterocycles. The summed E-state index contributed by atoms with van der Waals surface area (Å²) in [5.41, 5.74) is 0. The van der Waals surface area contributed by atoms with Crippen molar-refractivity contribution in [2.45, 2.75) is 46.1 Å². The van der Waals surface area contributed by atoms with Gasteiger partial charge in [-0.05, 0) is 24.7 Å². The molecule has 18 heavy (non-hydrogen) atoms. The van der Waals surface area contributed by atoms with Crippen LogP contribution >= 0.6 is 0 Å². The van der Waals surface area contributed by atoms with Gasteiger partial charge in [0.2, 0.25) is 0 Å². The highest BCUT2D eigenvalue weighted by Gasteiger charge is 2.29. The predicted octanol–water partition coefficient (Wildman–Crippen LogP) is 1.93. The summed E-state index contributed by atoms with van der Waals surface area (Å²) in [6.45, 7) is 7.79. The zero-order valence-corrected chi connectivity index (χ0v) is 11.5. The molecule has 104 valence electrons. The Morgan fingerprint density at radius 3 is 2.56 bits per heavy atom. The second-order valence-electron chi connectivity index (χ2n) is 5.39. The monoisotopic (exact) mass is 256 g/mol. The van der Waals surface area contributed by atoms with Crippen LogP contribution in [0.3, 0.4) is 0 Å². The molecule has 0 aromatic carbocycles. The average molecular weight is 256 g/mol. The molecule has 1 rings (SSSR count). The first-order chi connectivity index (χ1) is 8.43. The summed E-state index contributed by atoms with van der Waals surface area (Å²) in [4.78, 5) is 24.4. The predicted molar refractivity (Wildman–Crippen MR) is 69.4 cm³/mol. The van der Waals surface area contributed by atoms with Gasteiger partial charge in [0.25, 0.3) is 0 Å². The molecule has 0 bridgehead atoms. The number of carboxylic acid groups (broad SMARTS) is 1. The maximum atomic E-state index is 12.0. The molecular weight excluding hydrogens is 232 g/mol. The zero-order valence-electron chi connectivity index (χ0n) is 11.5. The molecule has 0 saturated carbocycles. The van der Waals surface area contributed by atoms with E-state index in [0.717, 1.165) is 19.5 Å². The van der Waals surface area contributed by atoms with Crippen LogP contribution in [0.25, 0.3) is 0 Å². The molecule has 2 N–H and O–H groups in total. The smallest absolute Gasteiger partial charge is 0.317 e. The molecule has 1 fully saturated rings. The highest BCUT2D eigenvalue weighted by atomic mass is 16.4. The Labute approximate surface area is 109 Å². The fourth-order valence-electron chi connectivity index (χ4n) is 2.29. The number of carbonyl (C=O) groups excluding carboxylic acids is 1. The van der Waals surface area contributed by atoms with E-state index in [4.69, 9.17) is 5.11 Å². The van der Waals surface area contributed by atoms with Crippen LogP contribution in [-0.2, 0) is 4.79 Å². The lowest BCUT2D eigenvalue weighted by Gasteiger charge is -2.22. The summed E-state index contributed by atoms with van der Waals surface area (Å²) in [6, 6.07) is -0.389. The van der Waals surface area contributed by atoms with E-state index in [9.17, 15) is 9.59 Å². The van der Waals surface area contributed by atoms with E-state index in [-0.39, 0.29) is 18.5 Å². The number of aliphatic carboxylic acids is 1. The summed E-state index contributed by atoms with van der Waals surface area (Å²) >= 11 is 0. The molecule has 0 spiro atoms. The molecule has 1 heterocycles. The number of nitrogens with one attached hydrogen (secondary N) is 1. The molecule has 1 aliphatic rings. The minimum absolute atomic E-state index is 0.0102. The number of urea groups is 1. The Kier molecular flexibility index (Phi) is 5.44. The van der Waals surface area contributed by atoms with Gasteiger partial charge in [0.05, 0.1) is 6.42 Å². The average Bonchev–Trinajstić information content (AvgIpc) is 2.76. The fourth-order valence-corrected chi connectivity index (χ4v) is 2.29. The van der Waals surface area contributed by atoms with Gasteiger partial charge in [0, 0.05) is 19.1 Å². The van der Waals surface area contributed by atoms with Crippen LogP contribution in [0.5, 0.6) is 0 Å². The van der Waals surface area contributed by atoms with Crippen LogP contribution < -0.4 is 5.32 Å². The fraction of sp³-hybridized carbons (Fsp3) is 0.846. The van der Waals surface area contributed by atoms with Crippen molar-refractivity contribution in [1.29, 1.82) is 0 Å². The van der Waals surface area contributed by atoms with E-state index < -0.39 is 5.97 Å². The van der Waals surface area contributed by atoms with Crippen molar-refractivity contribution >= 4 is 12.0 Å². The lowest BCUT2D eigenvalue weighted by Crippen LogP contribution is -2.44. The maximum Gasteiger partial charge on any atom is 0.317 e. The normalized spacial score (nSPS) is 21.1. The molecule has 0 aromatic rings. The number of amides is 2. The van der Waals surface area contributed by atoms with Crippen molar-refractivity contribution in [3.8, 4) is 0 Å². The van der Waals surface area contributed by atoms with Crippen molar-refractivity contribution < 1.29 is 14.7 Å². The Balaban J connectivity index is 2.43. The SMILES string of the molecule is CCC(CC(=O)O)NC(=O)N1CCC(C(C)C)C1. The largest absolute Gasteiger partial charge is 0.481 e. The summed E-state index contributed by atoms with van der Waals surface area (Å²) in [7, 11) is 0. The molecule has 2 atom stereocenters. The first-order valence-corrected chi connectivity index (χ1v) is 6.71. The second-order valence-corrected chi connectivity index (χ2v) is 5.39. The Morgan fingerprint density at radius 1 is 1.44 bits per heavy atom. The molecule has 2 unspecified atom stereocenters. The quantitative estimate of drug-likeness (QED) is 0.789. The van der Waals surface area contributed by atoms with E-state index in [1.54, 1.807) is 4.90 Å². The first kappa shape index (κ1) is 14.8. The van der Waals surface area contributed by atoms with Crippen LogP contribution in [0.1, 0.15) is 40.0 Å². The summed E-state index contributed by atoms with van der Waals surface area (Å²) in [6.07, 6.45) is 1.67. The lowest BCUT2D eigenvalue weighted by atomic mass is 9.95. The van der Waals surface area contributed by atoms with Crippen LogP contribution in [0, 0.1) is 11.8 Å². The summed E-state index contributed by atoms with van der Waals surface area (Å²) < 4.78 is 0. The van der Waals surface area contributed by atoms with E-state index in [1.165, 1.54) is 0 Å². The van der Waals surface area contributed by atoms with Crippen LogP contribution in [0.15, 0.2) is 0 Å². The van der Waals surface area contributed by atoms with Gasteiger partial charge in [-0.25, -0.2) is 4.79 Å². The number of hydrogen-bond acceptors (Lipinski definition) is 2. The minimum atomic E-state index is -0.872. The number of carbonyl (C=O) groups is 2. The molecule has 2 amide bonds. The third-order valence-corrected chi connectivity index (χ3v) is 3.70. The summed E-state index contributed by atoms with van der Waals surface area (Å²) in [5.74, 6) is 0.280. The minimum Gasteiger partial charge on any atom is -0.481 e. The molecule has 1 aliphatic heterocycles. The molecule has 0 aliphatic carbocycles. The standard InChI is InChI=1S/C13H24N2O3/c1-4-11(7-12(16)17)14-13(18)15-6-5-10(8-15)9(2)3/h9-11H,4-8H2,1-3H3,(H,14,18)(H,16,17). The van der Waals surface area contributed by atoms with Crippen molar-refractivity contribution in [1.82, 2.24) is 10.2 Å². The van der Waals surface area contributed by atoms with Gasteiger partial charge in [0.1, 0.15) is 0 Å². The first-order valence-electron chi connectivity index (χ1n) is 6.71. The van der Waals surface area contributed by atoms with Crippen molar-refractivity contribution in [2.24, 2.45) is 11.8 Å². The van der Waals surface area contributed by atoms with Gasteiger partial charge in [0.15, 0.2) is 0 Å². The van der Waals surface area contributed by atoms with Crippen LogP contribution in [0.4, 0.5) is 4.79 Å². The van der Waals surface area contributed by atoms with Gasteiger partial charge in [-0.15, -0.1) is 0 Å². The van der Waals surface area contributed by atoms with Crippen molar-refractivity contribution in [3.63, 3.8) is 0 Å². The van der Waals surface area contributed by atoms with Gasteiger partial charge >= 0.3 is 12.0 Å². The van der Waals surface area contributed by atoms with Crippen molar-refractivity contribution in [3.05, 3.63) is 0 Å². The molecule has 5 heteroatoms. The van der Waals surface area contributed by atoms with E-state index >= 15 is 0 Å². The number of hydrogen-bond donors (Lipinski definition) is 2. The second kappa shape index (κ2) is 6.61. The topological polar surface area (TPSA) is 69.6 Å². The zero-order chi connectivity index (χ0) is 13.7. The molecule has 5 nitrogen and oxygen atoms in total. The van der Waals surface area contributed by atoms with E-state index in [2.05, 4.69) is 19.2 Å². The highest BCUT2D eigenvalue weighted by molar-refractivity contribution is 5.76. The number of carboxylic acids is 1. The Morgan fingerprint density at radius 2 is 2.11 bits per heavy atom. The number of nitrogens with zero attached hydrogens (tertiary/aromatic N) is 1. The third kappa shape index (κ3) is 4.20. The molecule has 0 radical (unpaired) electrons. The number of rotatable bonds is 5. The Hall–Kier alpha value is -1.26. The van der Waals surface area contributed by atoms with Gasteiger partial charge in [-0.2, -0.15) is 0 Å². The van der Waals surface area contributed by atoms with E-state index in [0.29, 0.717) is 18.3 Å². The summed E-state index contributed by atoms with van der Waals surface area (Å²) in [5, 5.41) is 11.5. The highest BCUT2D eigenvalue weighted by Crippen LogP contribution is 2.23. The van der Waals surface area contributed by atoms with Gasteiger partial charge in [-0.1, -0.05) is 20.8 Å². The lowest BCUT2D eigenvalue weighted by molar-refractivity contribution is -0.137. The number of likely N-dealkylation sites (tertiary alicyclic amines) is 1. The van der Waals surface area contributed by atoms with Crippen LogP contribution in [0.2, 0.25) is 0 Å². The molecule has 0 aromatic heterocycles. The van der Waals surface area contributed by atoms with Crippen molar-refractivity contribution in [2.75, 3.05) is 13.1 Å². The van der Waals surface area contributed by atoms with Gasteiger partial charge in [-0.3, -0.25) is 4.79 Å².